The maximum atomic E-state index is 12.5. The summed E-state index contributed by atoms with van der Waals surface area (Å²) in [5.41, 5.74) is 1.77. The normalized spacial score (nSPS) is 14.0. The van der Waals surface area contributed by atoms with Gasteiger partial charge < -0.3 is 20.1 Å². The standard InChI is InChI=1S/C16H24N2O3/c1-21-12-13-6-2-3-7-15(13)17-16(20)18(14-8-9-14)10-4-5-11-19/h2-3,6-7,14,19H,4-5,8-12H2,1H3,(H,17,20). The zero-order valence-corrected chi connectivity index (χ0v) is 12.5. The Morgan fingerprint density at radius 2 is 2.14 bits per heavy atom. The fraction of sp³-hybridized carbons (Fsp3) is 0.562. The molecule has 0 atom stereocenters. The van der Waals surface area contributed by atoms with E-state index in [-0.39, 0.29) is 12.6 Å². The van der Waals surface area contributed by atoms with E-state index in [1.807, 2.05) is 29.2 Å². The van der Waals surface area contributed by atoms with Gasteiger partial charge in [0.2, 0.25) is 0 Å². The van der Waals surface area contributed by atoms with Gasteiger partial charge in [0.15, 0.2) is 0 Å². The van der Waals surface area contributed by atoms with E-state index in [1.165, 1.54) is 0 Å². The third-order valence-corrected chi connectivity index (χ3v) is 3.61. The molecule has 0 aliphatic heterocycles. The Kier molecular flexibility index (Phi) is 6.02. The van der Waals surface area contributed by atoms with Crippen LogP contribution in [0.2, 0.25) is 0 Å². The van der Waals surface area contributed by atoms with Crippen LogP contribution in [0.1, 0.15) is 31.2 Å². The number of anilines is 1. The lowest BCUT2D eigenvalue weighted by molar-refractivity contribution is 0.185. The van der Waals surface area contributed by atoms with Crippen molar-refractivity contribution in [1.29, 1.82) is 0 Å². The van der Waals surface area contributed by atoms with Crippen LogP contribution in [0.15, 0.2) is 24.3 Å². The molecule has 2 rings (SSSR count). The topological polar surface area (TPSA) is 61.8 Å². The maximum absolute atomic E-state index is 12.5. The second-order valence-corrected chi connectivity index (χ2v) is 5.38. The number of rotatable bonds is 8. The number of nitrogens with zero attached hydrogens (tertiary/aromatic N) is 1. The van der Waals surface area contributed by atoms with Gasteiger partial charge in [-0.1, -0.05) is 18.2 Å². The molecule has 5 nitrogen and oxygen atoms in total. The molecule has 0 heterocycles. The monoisotopic (exact) mass is 292 g/mol. The van der Waals surface area contributed by atoms with Gasteiger partial charge in [0.1, 0.15) is 0 Å². The molecule has 21 heavy (non-hydrogen) atoms. The summed E-state index contributed by atoms with van der Waals surface area (Å²) in [7, 11) is 1.64. The lowest BCUT2D eigenvalue weighted by atomic mass is 10.2. The number of para-hydroxylation sites is 1. The molecule has 0 bridgehead atoms. The molecule has 0 unspecified atom stereocenters. The number of urea groups is 1. The summed E-state index contributed by atoms with van der Waals surface area (Å²) in [6, 6.07) is 7.99. The van der Waals surface area contributed by atoms with Crippen LogP contribution in [0, 0.1) is 0 Å². The molecule has 2 N–H and O–H groups in total. The van der Waals surface area contributed by atoms with Crippen LogP contribution in [-0.2, 0) is 11.3 Å². The fourth-order valence-electron chi connectivity index (χ4n) is 2.34. The number of hydrogen-bond donors (Lipinski definition) is 2. The summed E-state index contributed by atoms with van der Waals surface area (Å²) >= 11 is 0. The minimum atomic E-state index is -0.0565. The molecular formula is C16H24N2O3. The van der Waals surface area contributed by atoms with Gasteiger partial charge in [0.25, 0.3) is 0 Å². The second kappa shape index (κ2) is 8.00. The molecule has 1 aromatic carbocycles. The number of ether oxygens (including phenoxy) is 1. The van der Waals surface area contributed by atoms with E-state index < -0.39 is 0 Å². The summed E-state index contributed by atoms with van der Waals surface area (Å²) < 4.78 is 5.16. The highest BCUT2D eigenvalue weighted by atomic mass is 16.5. The number of carbonyl (C=O) groups is 1. The van der Waals surface area contributed by atoms with Crippen LogP contribution in [0.4, 0.5) is 10.5 Å². The minimum Gasteiger partial charge on any atom is -0.396 e. The Hall–Kier alpha value is -1.59. The maximum Gasteiger partial charge on any atom is 0.322 e. The second-order valence-electron chi connectivity index (χ2n) is 5.38. The van der Waals surface area contributed by atoms with E-state index in [0.29, 0.717) is 19.2 Å². The van der Waals surface area contributed by atoms with Crippen LogP contribution >= 0.6 is 0 Å². The third kappa shape index (κ3) is 4.72. The molecule has 1 aliphatic rings. The van der Waals surface area contributed by atoms with Gasteiger partial charge in [-0.15, -0.1) is 0 Å². The Morgan fingerprint density at radius 3 is 2.81 bits per heavy atom. The first kappa shape index (κ1) is 15.8. The van der Waals surface area contributed by atoms with Crippen LogP contribution < -0.4 is 5.32 Å². The molecule has 116 valence electrons. The lowest BCUT2D eigenvalue weighted by Crippen LogP contribution is -2.37. The van der Waals surface area contributed by atoms with Crippen LogP contribution in [-0.4, -0.2) is 42.3 Å². The van der Waals surface area contributed by atoms with Gasteiger partial charge in [0.05, 0.1) is 6.61 Å². The van der Waals surface area contributed by atoms with Crippen molar-refractivity contribution in [2.24, 2.45) is 0 Å². The summed E-state index contributed by atoms with van der Waals surface area (Å²) in [5.74, 6) is 0. The number of unbranched alkanes of at least 4 members (excludes halogenated alkanes) is 1. The molecule has 5 heteroatoms. The Morgan fingerprint density at radius 1 is 1.38 bits per heavy atom. The molecule has 0 saturated heterocycles. The van der Waals surface area contributed by atoms with Gasteiger partial charge in [0, 0.05) is 37.6 Å². The summed E-state index contributed by atoms with van der Waals surface area (Å²) in [6.45, 7) is 1.35. The van der Waals surface area contributed by atoms with E-state index in [1.54, 1.807) is 7.11 Å². The van der Waals surface area contributed by atoms with Crippen molar-refractivity contribution in [2.45, 2.75) is 38.3 Å². The molecule has 0 spiro atoms. The van der Waals surface area contributed by atoms with Crippen molar-refractivity contribution >= 4 is 11.7 Å². The minimum absolute atomic E-state index is 0.0565. The highest BCUT2D eigenvalue weighted by molar-refractivity contribution is 5.90. The molecule has 0 radical (unpaired) electrons. The molecule has 1 saturated carbocycles. The van der Waals surface area contributed by atoms with E-state index >= 15 is 0 Å². The summed E-state index contributed by atoms with van der Waals surface area (Å²) in [5, 5.41) is 11.9. The summed E-state index contributed by atoms with van der Waals surface area (Å²) in [4.78, 5) is 14.3. The van der Waals surface area contributed by atoms with Crippen molar-refractivity contribution in [3.05, 3.63) is 29.8 Å². The van der Waals surface area contributed by atoms with Crippen LogP contribution in [0.3, 0.4) is 0 Å². The Labute approximate surface area is 125 Å². The zero-order valence-electron chi connectivity index (χ0n) is 12.5. The van der Waals surface area contributed by atoms with E-state index in [4.69, 9.17) is 9.84 Å². The number of aliphatic hydroxyl groups is 1. The SMILES string of the molecule is COCc1ccccc1NC(=O)N(CCCCO)C1CC1. The van der Waals surface area contributed by atoms with Gasteiger partial charge in [-0.2, -0.15) is 0 Å². The quantitative estimate of drug-likeness (QED) is 0.724. The van der Waals surface area contributed by atoms with Crippen molar-refractivity contribution < 1.29 is 14.6 Å². The van der Waals surface area contributed by atoms with E-state index in [9.17, 15) is 4.79 Å². The van der Waals surface area contributed by atoms with Gasteiger partial charge in [-0.25, -0.2) is 4.79 Å². The molecule has 2 amide bonds. The van der Waals surface area contributed by atoms with Crippen LogP contribution in [0.25, 0.3) is 0 Å². The number of nitrogens with one attached hydrogen (secondary N) is 1. The highest BCUT2D eigenvalue weighted by Crippen LogP contribution is 2.28. The van der Waals surface area contributed by atoms with Gasteiger partial charge in [-0.3, -0.25) is 0 Å². The predicted molar refractivity (Wildman–Crippen MR) is 82.2 cm³/mol. The first-order valence-electron chi connectivity index (χ1n) is 7.51. The number of benzene rings is 1. The molecule has 1 aromatic rings. The number of methoxy groups -OCH3 is 1. The average Bonchev–Trinajstić information content (AvgIpc) is 3.30. The van der Waals surface area contributed by atoms with Crippen molar-refractivity contribution in [3.63, 3.8) is 0 Å². The molecular weight excluding hydrogens is 268 g/mol. The number of hydrogen-bond acceptors (Lipinski definition) is 3. The van der Waals surface area contributed by atoms with E-state index in [2.05, 4.69) is 5.32 Å². The Balaban J connectivity index is 1.98. The predicted octanol–water partition coefficient (Wildman–Crippen LogP) is 2.60. The summed E-state index contributed by atoms with van der Waals surface area (Å²) in [6.07, 6.45) is 3.72. The van der Waals surface area contributed by atoms with Crippen LogP contribution in [0.5, 0.6) is 0 Å². The number of carbonyl (C=O) groups excluding carboxylic acids is 1. The highest BCUT2D eigenvalue weighted by Gasteiger charge is 2.32. The number of aliphatic hydroxyl groups excluding tert-OH is 1. The zero-order chi connectivity index (χ0) is 15.1. The van der Waals surface area contributed by atoms with E-state index in [0.717, 1.165) is 36.9 Å². The molecule has 1 fully saturated rings. The smallest absolute Gasteiger partial charge is 0.322 e. The van der Waals surface area contributed by atoms with Crippen molar-refractivity contribution in [1.82, 2.24) is 4.90 Å². The van der Waals surface area contributed by atoms with Crippen molar-refractivity contribution in [2.75, 3.05) is 25.6 Å². The lowest BCUT2D eigenvalue weighted by Gasteiger charge is -2.23. The first-order valence-corrected chi connectivity index (χ1v) is 7.51. The first-order chi connectivity index (χ1) is 10.3. The number of amides is 2. The fourth-order valence-corrected chi connectivity index (χ4v) is 2.34. The third-order valence-electron chi connectivity index (χ3n) is 3.61. The Bertz CT molecular complexity index is 461. The van der Waals surface area contributed by atoms with Gasteiger partial charge in [-0.05, 0) is 31.7 Å². The molecule has 0 aromatic heterocycles. The van der Waals surface area contributed by atoms with Gasteiger partial charge >= 0.3 is 6.03 Å². The van der Waals surface area contributed by atoms with Crippen molar-refractivity contribution in [3.8, 4) is 0 Å². The average molecular weight is 292 g/mol. The molecule has 1 aliphatic carbocycles. The largest absolute Gasteiger partial charge is 0.396 e.